The molecule has 0 saturated heterocycles. The van der Waals surface area contributed by atoms with Gasteiger partial charge < -0.3 is 14.3 Å². The lowest BCUT2D eigenvalue weighted by Gasteiger charge is -2.07. The van der Waals surface area contributed by atoms with Crippen LogP contribution in [0.1, 0.15) is 37.7 Å². The van der Waals surface area contributed by atoms with Crippen molar-refractivity contribution in [1.29, 1.82) is 0 Å². The van der Waals surface area contributed by atoms with Crippen LogP contribution in [-0.2, 0) is 0 Å². The molecule has 0 aliphatic rings. The second-order valence-corrected chi connectivity index (χ2v) is 7.93. The monoisotopic (exact) mass is 454 g/mol. The summed E-state index contributed by atoms with van der Waals surface area (Å²) in [5, 5.41) is 7.37. The molecule has 0 aliphatic heterocycles. The van der Waals surface area contributed by atoms with Crippen LogP contribution in [-0.4, -0.2) is 16.8 Å². The maximum atomic E-state index is 13.4. The summed E-state index contributed by atoms with van der Waals surface area (Å²) in [7, 11) is 0. The Morgan fingerprint density at radius 1 is 0.912 bits per heavy atom. The van der Waals surface area contributed by atoms with Crippen molar-refractivity contribution in [3.63, 3.8) is 0 Å². The number of aryl methyl sites for hydroxylation is 2. The van der Waals surface area contributed by atoms with Crippen molar-refractivity contribution in [3.8, 4) is 11.3 Å². The molecule has 1 amide bonds. The minimum Gasteiger partial charge on any atom is -0.450 e. The first kappa shape index (κ1) is 21.3. The maximum Gasteiger partial charge on any atom is 0.261 e. The molecule has 0 bridgehead atoms. The average Bonchev–Trinajstić information content (AvgIpc) is 3.40. The van der Waals surface area contributed by atoms with Gasteiger partial charge in [-0.1, -0.05) is 47.1 Å². The number of benzene rings is 3. The lowest BCUT2D eigenvalue weighted by atomic mass is 10.0. The van der Waals surface area contributed by atoms with E-state index in [0.29, 0.717) is 28.0 Å². The van der Waals surface area contributed by atoms with Gasteiger partial charge in [-0.2, -0.15) is 0 Å². The zero-order chi connectivity index (χ0) is 23.8. The van der Waals surface area contributed by atoms with Crippen molar-refractivity contribution in [2.75, 3.05) is 5.32 Å². The van der Waals surface area contributed by atoms with Gasteiger partial charge in [-0.15, -0.1) is 0 Å². The van der Waals surface area contributed by atoms with Crippen LogP contribution in [0.2, 0.25) is 0 Å². The summed E-state index contributed by atoms with van der Waals surface area (Å²) in [5.74, 6) is -1.15. The SMILES string of the molecule is Cc1ccc(-c2onc(C)c2C(=O)Nc2c(C(=O)c3ccc(F)cc3)oc3ccccc23)cc1. The lowest BCUT2D eigenvalue weighted by molar-refractivity contribution is 0.101. The highest BCUT2D eigenvalue weighted by atomic mass is 19.1. The predicted octanol–water partition coefficient (Wildman–Crippen LogP) is 6.33. The minimum absolute atomic E-state index is 0.0489. The average molecular weight is 454 g/mol. The van der Waals surface area contributed by atoms with Crippen LogP contribution in [0.15, 0.2) is 81.7 Å². The van der Waals surface area contributed by atoms with Gasteiger partial charge in [-0.25, -0.2) is 4.39 Å². The normalized spacial score (nSPS) is 11.0. The number of ketones is 1. The van der Waals surface area contributed by atoms with Gasteiger partial charge in [0.2, 0.25) is 5.78 Å². The molecule has 0 spiro atoms. The molecule has 0 fully saturated rings. The number of para-hydroxylation sites is 1. The maximum absolute atomic E-state index is 13.4. The number of furan rings is 1. The number of aromatic nitrogens is 1. The third-order valence-electron chi connectivity index (χ3n) is 5.55. The largest absolute Gasteiger partial charge is 0.450 e. The number of amides is 1. The number of nitrogens with one attached hydrogen (secondary N) is 1. The van der Waals surface area contributed by atoms with E-state index in [4.69, 9.17) is 8.94 Å². The second-order valence-electron chi connectivity index (χ2n) is 7.93. The molecule has 1 N–H and O–H groups in total. The van der Waals surface area contributed by atoms with Crippen LogP contribution in [0.3, 0.4) is 0 Å². The van der Waals surface area contributed by atoms with Crippen LogP contribution in [0, 0.1) is 19.7 Å². The first-order valence-corrected chi connectivity index (χ1v) is 10.6. The fourth-order valence-electron chi connectivity index (χ4n) is 3.78. The van der Waals surface area contributed by atoms with Crippen LogP contribution < -0.4 is 5.32 Å². The Labute approximate surface area is 194 Å². The molecule has 0 aliphatic carbocycles. The van der Waals surface area contributed by atoms with Gasteiger partial charge in [0, 0.05) is 16.5 Å². The number of rotatable bonds is 5. The fraction of sp³-hybridized carbons (Fsp3) is 0.0741. The van der Waals surface area contributed by atoms with Gasteiger partial charge in [0.25, 0.3) is 5.91 Å². The molecule has 0 atom stereocenters. The van der Waals surface area contributed by atoms with Gasteiger partial charge in [0.05, 0.1) is 11.4 Å². The predicted molar refractivity (Wildman–Crippen MR) is 125 cm³/mol. The number of carbonyl (C=O) groups excluding carboxylic acids is 2. The molecule has 2 heterocycles. The number of nitrogens with zero attached hydrogens (tertiary/aromatic N) is 1. The molecule has 0 saturated carbocycles. The molecule has 0 radical (unpaired) electrons. The van der Waals surface area contributed by atoms with E-state index in [-0.39, 0.29) is 22.6 Å². The van der Waals surface area contributed by atoms with Gasteiger partial charge in [-0.3, -0.25) is 9.59 Å². The van der Waals surface area contributed by atoms with E-state index in [1.54, 1.807) is 31.2 Å². The fourth-order valence-corrected chi connectivity index (χ4v) is 3.78. The van der Waals surface area contributed by atoms with Gasteiger partial charge in [0.15, 0.2) is 11.5 Å². The van der Waals surface area contributed by atoms with E-state index < -0.39 is 17.5 Å². The molecule has 6 nitrogen and oxygen atoms in total. The molecule has 7 heteroatoms. The molecule has 5 aromatic rings. The number of anilines is 1. The molecule has 3 aromatic carbocycles. The minimum atomic E-state index is -0.492. The van der Waals surface area contributed by atoms with Crippen LogP contribution in [0.25, 0.3) is 22.3 Å². The Hall–Kier alpha value is -4.52. The van der Waals surface area contributed by atoms with Crippen molar-refractivity contribution < 1.29 is 22.9 Å². The zero-order valence-corrected chi connectivity index (χ0v) is 18.4. The Morgan fingerprint density at radius 3 is 2.35 bits per heavy atom. The van der Waals surface area contributed by atoms with Crippen LogP contribution in [0.5, 0.6) is 0 Å². The highest BCUT2D eigenvalue weighted by Crippen LogP contribution is 2.34. The van der Waals surface area contributed by atoms with Crippen molar-refractivity contribution in [3.05, 3.63) is 107 Å². The summed E-state index contributed by atoms with van der Waals surface area (Å²) in [4.78, 5) is 26.6. The van der Waals surface area contributed by atoms with E-state index in [0.717, 1.165) is 5.56 Å². The third-order valence-corrected chi connectivity index (χ3v) is 5.55. The summed E-state index contributed by atoms with van der Waals surface area (Å²) < 4.78 is 24.7. The molecule has 168 valence electrons. The number of carbonyl (C=O) groups is 2. The van der Waals surface area contributed by atoms with Gasteiger partial charge >= 0.3 is 0 Å². The first-order chi connectivity index (χ1) is 16.4. The lowest BCUT2D eigenvalue weighted by Crippen LogP contribution is -2.15. The highest BCUT2D eigenvalue weighted by molar-refractivity contribution is 6.19. The molecule has 0 unspecified atom stereocenters. The van der Waals surface area contributed by atoms with Crippen molar-refractivity contribution in [2.24, 2.45) is 0 Å². The summed E-state index contributed by atoms with van der Waals surface area (Å²) in [5.41, 5.74) is 3.34. The number of fused-ring (bicyclic) bond motifs is 1. The van der Waals surface area contributed by atoms with E-state index in [1.807, 2.05) is 31.2 Å². The quantitative estimate of drug-likeness (QED) is 0.314. The van der Waals surface area contributed by atoms with Crippen molar-refractivity contribution in [1.82, 2.24) is 5.16 Å². The molecular formula is C27H19FN2O4. The number of halogens is 1. The number of hydrogen-bond acceptors (Lipinski definition) is 5. The molecular weight excluding hydrogens is 435 g/mol. The topological polar surface area (TPSA) is 85.3 Å². The van der Waals surface area contributed by atoms with Crippen molar-refractivity contribution >= 4 is 28.3 Å². The van der Waals surface area contributed by atoms with Crippen molar-refractivity contribution in [2.45, 2.75) is 13.8 Å². The second kappa shape index (κ2) is 8.44. The van der Waals surface area contributed by atoms with E-state index in [2.05, 4.69) is 10.5 Å². The summed E-state index contributed by atoms with van der Waals surface area (Å²) in [6, 6.07) is 19.7. The van der Waals surface area contributed by atoms with E-state index in [9.17, 15) is 14.0 Å². The van der Waals surface area contributed by atoms with E-state index >= 15 is 0 Å². The van der Waals surface area contributed by atoms with Crippen LogP contribution >= 0.6 is 0 Å². The first-order valence-electron chi connectivity index (χ1n) is 10.6. The number of hydrogen-bond donors (Lipinski definition) is 1. The third kappa shape index (κ3) is 3.77. The summed E-state index contributed by atoms with van der Waals surface area (Å²) >= 11 is 0. The highest BCUT2D eigenvalue weighted by Gasteiger charge is 2.27. The Balaban J connectivity index is 1.57. The summed E-state index contributed by atoms with van der Waals surface area (Å²) in [6.45, 7) is 3.64. The zero-order valence-electron chi connectivity index (χ0n) is 18.4. The molecule has 5 rings (SSSR count). The smallest absolute Gasteiger partial charge is 0.261 e. The molecule has 2 aromatic heterocycles. The van der Waals surface area contributed by atoms with Gasteiger partial charge in [0.1, 0.15) is 17.0 Å². The Bertz CT molecular complexity index is 1530. The van der Waals surface area contributed by atoms with Gasteiger partial charge in [-0.05, 0) is 50.2 Å². The van der Waals surface area contributed by atoms with E-state index in [1.165, 1.54) is 24.3 Å². The Morgan fingerprint density at radius 2 is 1.62 bits per heavy atom. The molecule has 34 heavy (non-hydrogen) atoms. The van der Waals surface area contributed by atoms with Crippen LogP contribution in [0.4, 0.5) is 10.1 Å². The summed E-state index contributed by atoms with van der Waals surface area (Å²) in [6.07, 6.45) is 0. The Kier molecular flexibility index (Phi) is 5.30. The standard InChI is InChI=1S/C27H19FN2O4/c1-15-7-9-18(10-8-15)25-22(16(2)30-34-25)27(32)29-23-20-5-3-4-6-21(20)33-26(23)24(31)17-11-13-19(28)14-12-17/h3-14H,1-2H3,(H,29,32).